The van der Waals surface area contributed by atoms with Crippen molar-refractivity contribution in [1.82, 2.24) is 25.2 Å². The van der Waals surface area contributed by atoms with E-state index < -0.39 is 0 Å². The van der Waals surface area contributed by atoms with Crippen LogP contribution in [0.15, 0.2) is 36.8 Å². The summed E-state index contributed by atoms with van der Waals surface area (Å²) in [5.74, 6) is 1.39. The quantitative estimate of drug-likeness (QED) is 0.861. The molecule has 6 heteroatoms. The van der Waals surface area contributed by atoms with Gasteiger partial charge < -0.3 is 15.2 Å². The fourth-order valence-electron chi connectivity index (χ4n) is 2.18. The van der Waals surface area contributed by atoms with Gasteiger partial charge in [-0.2, -0.15) is 0 Å². The van der Waals surface area contributed by atoms with E-state index in [2.05, 4.69) is 39.0 Å². The van der Waals surface area contributed by atoms with E-state index in [1.165, 1.54) is 0 Å². The second kappa shape index (κ2) is 7.59. The topological polar surface area (TPSA) is 71.8 Å². The highest BCUT2D eigenvalue weighted by molar-refractivity contribution is 5.74. The van der Waals surface area contributed by atoms with Gasteiger partial charge in [0.1, 0.15) is 5.82 Å². The van der Waals surface area contributed by atoms with Gasteiger partial charge in [0.15, 0.2) is 0 Å². The Morgan fingerprint density at radius 1 is 1.23 bits per heavy atom. The molecule has 118 valence electrons. The predicted molar refractivity (Wildman–Crippen MR) is 85.1 cm³/mol. The third-order valence-electron chi connectivity index (χ3n) is 3.25. The minimum atomic E-state index is -0.225. The molecule has 0 radical (unpaired) electrons. The SMILES string of the molecule is CC(C)Cn1ccnc1CNC(=O)N[C@H](C)c1ccccn1. The lowest BCUT2D eigenvalue weighted by molar-refractivity contribution is 0.237. The van der Waals surface area contributed by atoms with E-state index in [0.717, 1.165) is 18.1 Å². The van der Waals surface area contributed by atoms with Crippen LogP contribution in [0.25, 0.3) is 0 Å². The fraction of sp³-hybridized carbons (Fsp3) is 0.438. The molecule has 2 amide bonds. The lowest BCUT2D eigenvalue weighted by Gasteiger charge is -2.15. The first kappa shape index (κ1) is 16.0. The molecule has 0 aromatic carbocycles. The van der Waals surface area contributed by atoms with Crippen LogP contribution in [0.2, 0.25) is 0 Å². The molecule has 1 atom stereocenters. The summed E-state index contributed by atoms with van der Waals surface area (Å²) in [6.45, 7) is 7.50. The molecule has 0 unspecified atom stereocenters. The first-order valence-electron chi connectivity index (χ1n) is 7.51. The highest BCUT2D eigenvalue weighted by Crippen LogP contribution is 2.07. The molecule has 0 saturated heterocycles. The standard InChI is InChI=1S/C16H23N5O/c1-12(2)11-21-9-8-18-15(21)10-19-16(22)20-13(3)14-6-4-5-7-17-14/h4-9,12-13H,10-11H2,1-3H3,(H2,19,20,22)/t13-/m1/s1. The normalized spacial score (nSPS) is 12.2. The molecule has 2 heterocycles. The van der Waals surface area contributed by atoms with Crippen LogP contribution in [0.3, 0.4) is 0 Å². The number of rotatable bonds is 6. The van der Waals surface area contributed by atoms with Crippen LogP contribution >= 0.6 is 0 Å². The summed E-state index contributed by atoms with van der Waals surface area (Å²) in [5.41, 5.74) is 0.832. The zero-order chi connectivity index (χ0) is 15.9. The Morgan fingerprint density at radius 2 is 2.05 bits per heavy atom. The maximum atomic E-state index is 12.0. The van der Waals surface area contributed by atoms with Gasteiger partial charge in [0.05, 0.1) is 18.3 Å². The van der Waals surface area contributed by atoms with Crippen molar-refractivity contribution in [3.05, 3.63) is 48.3 Å². The number of imidazole rings is 1. The fourth-order valence-corrected chi connectivity index (χ4v) is 2.18. The van der Waals surface area contributed by atoms with Gasteiger partial charge in [0.2, 0.25) is 0 Å². The Labute approximate surface area is 131 Å². The van der Waals surface area contributed by atoms with Crippen LogP contribution in [-0.4, -0.2) is 20.6 Å². The summed E-state index contributed by atoms with van der Waals surface area (Å²) >= 11 is 0. The van der Waals surface area contributed by atoms with Crippen molar-refractivity contribution in [2.24, 2.45) is 5.92 Å². The van der Waals surface area contributed by atoms with Gasteiger partial charge in [0.25, 0.3) is 0 Å². The molecule has 0 aliphatic carbocycles. The summed E-state index contributed by atoms with van der Waals surface area (Å²) in [6, 6.07) is 5.28. The smallest absolute Gasteiger partial charge is 0.315 e. The summed E-state index contributed by atoms with van der Waals surface area (Å²) in [7, 11) is 0. The van der Waals surface area contributed by atoms with E-state index in [9.17, 15) is 4.79 Å². The van der Waals surface area contributed by atoms with Crippen molar-refractivity contribution < 1.29 is 4.79 Å². The van der Waals surface area contributed by atoms with E-state index in [1.807, 2.05) is 31.3 Å². The highest BCUT2D eigenvalue weighted by atomic mass is 16.2. The van der Waals surface area contributed by atoms with Crippen LogP contribution in [-0.2, 0) is 13.1 Å². The largest absolute Gasteiger partial charge is 0.333 e. The Hall–Kier alpha value is -2.37. The number of urea groups is 1. The van der Waals surface area contributed by atoms with E-state index in [4.69, 9.17) is 0 Å². The second-order valence-corrected chi connectivity index (χ2v) is 5.69. The van der Waals surface area contributed by atoms with Gasteiger partial charge in [-0.3, -0.25) is 4.98 Å². The molecule has 0 saturated carbocycles. The van der Waals surface area contributed by atoms with E-state index >= 15 is 0 Å². The molecule has 0 fully saturated rings. The maximum Gasteiger partial charge on any atom is 0.315 e. The molecular weight excluding hydrogens is 278 g/mol. The zero-order valence-corrected chi connectivity index (χ0v) is 13.3. The highest BCUT2D eigenvalue weighted by Gasteiger charge is 2.11. The van der Waals surface area contributed by atoms with Gasteiger partial charge in [-0.05, 0) is 25.0 Å². The van der Waals surface area contributed by atoms with Crippen LogP contribution in [0.4, 0.5) is 4.79 Å². The summed E-state index contributed by atoms with van der Waals surface area (Å²) in [5, 5.41) is 5.71. The van der Waals surface area contributed by atoms with Gasteiger partial charge in [-0.1, -0.05) is 19.9 Å². The third kappa shape index (κ3) is 4.58. The zero-order valence-electron chi connectivity index (χ0n) is 13.3. The summed E-state index contributed by atoms with van der Waals surface area (Å²) in [4.78, 5) is 20.5. The van der Waals surface area contributed by atoms with Crippen LogP contribution in [0.5, 0.6) is 0 Å². The minimum absolute atomic E-state index is 0.142. The average molecular weight is 301 g/mol. The molecule has 2 N–H and O–H groups in total. The second-order valence-electron chi connectivity index (χ2n) is 5.69. The van der Waals surface area contributed by atoms with E-state index in [-0.39, 0.29) is 12.1 Å². The lowest BCUT2D eigenvalue weighted by atomic mass is 10.2. The molecule has 6 nitrogen and oxygen atoms in total. The lowest BCUT2D eigenvalue weighted by Crippen LogP contribution is -2.37. The first-order valence-corrected chi connectivity index (χ1v) is 7.51. The van der Waals surface area contributed by atoms with Gasteiger partial charge >= 0.3 is 6.03 Å². The van der Waals surface area contributed by atoms with E-state index in [1.54, 1.807) is 12.4 Å². The first-order chi connectivity index (χ1) is 10.6. The number of aromatic nitrogens is 3. The number of nitrogens with one attached hydrogen (secondary N) is 2. The minimum Gasteiger partial charge on any atom is -0.333 e. The molecule has 0 aliphatic rings. The number of nitrogens with zero attached hydrogens (tertiary/aromatic N) is 3. The molecule has 22 heavy (non-hydrogen) atoms. The molecular formula is C16H23N5O. The number of pyridine rings is 1. The number of carbonyl (C=O) groups excluding carboxylic acids is 1. The van der Waals surface area contributed by atoms with Crippen LogP contribution in [0, 0.1) is 5.92 Å². The maximum absolute atomic E-state index is 12.0. The van der Waals surface area contributed by atoms with Gasteiger partial charge in [-0.25, -0.2) is 9.78 Å². The Balaban J connectivity index is 1.84. The molecule has 0 aliphatic heterocycles. The van der Waals surface area contributed by atoms with Crippen molar-refractivity contribution in [2.75, 3.05) is 0 Å². The Kier molecular flexibility index (Phi) is 5.52. The molecule has 0 bridgehead atoms. The average Bonchev–Trinajstić information content (AvgIpc) is 2.92. The van der Waals surface area contributed by atoms with Crippen molar-refractivity contribution in [2.45, 2.75) is 39.9 Å². The summed E-state index contributed by atoms with van der Waals surface area (Å²) in [6.07, 6.45) is 5.41. The number of carbonyl (C=O) groups is 1. The van der Waals surface area contributed by atoms with Crippen molar-refractivity contribution >= 4 is 6.03 Å². The molecule has 2 rings (SSSR count). The molecule has 2 aromatic heterocycles. The Bertz CT molecular complexity index is 594. The van der Waals surface area contributed by atoms with Crippen molar-refractivity contribution in [3.63, 3.8) is 0 Å². The molecule has 0 spiro atoms. The van der Waals surface area contributed by atoms with Crippen LogP contribution < -0.4 is 10.6 Å². The van der Waals surface area contributed by atoms with Gasteiger partial charge in [0, 0.05) is 25.1 Å². The number of hydrogen-bond acceptors (Lipinski definition) is 3. The predicted octanol–water partition coefficient (Wildman–Crippen LogP) is 2.49. The number of hydrogen-bond donors (Lipinski definition) is 2. The summed E-state index contributed by atoms with van der Waals surface area (Å²) < 4.78 is 2.06. The monoisotopic (exact) mass is 301 g/mol. The van der Waals surface area contributed by atoms with Crippen LogP contribution in [0.1, 0.15) is 38.3 Å². The van der Waals surface area contributed by atoms with E-state index in [0.29, 0.717) is 12.5 Å². The third-order valence-corrected chi connectivity index (χ3v) is 3.25. The number of amides is 2. The van der Waals surface area contributed by atoms with Crippen molar-refractivity contribution in [1.29, 1.82) is 0 Å². The Morgan fingerprint density at radius 3 is 2.73 bits per heavy atom. The van der Waals surface area contributed by atoms with Gasteiger partial charge in [-0.15, -0.1) is 0 Å². The van der Waals surface area contributed by atoms with Crippen molar-refractivity contribution in [3.8, 4) is 0 Å². The molecule has 2 aromatic rings.